The maximum Gasteiger partial charge on any atom is 0.257 e. The van der Waals surface area contributed by atoms with E-state index in [2.05, 4.69) is 27.7 Å². The average molecular weight is 424 g/mol. The molecule has 3 aliphatic rings. The summed E-state index contributed by atoms with van der Waals surface area (Å²) in [6.07, 6.45) is 1.63. The Morgan fingerprint density at radius 1 is 1.19 bits per heavy atom. The first-order valence-electron chi connectivity index (χ1n) is 10.9. The van der Waals surface area contributed by atoms with Crippen LogP contribution in [0.15, 0.2) is 24.3 Å². The molecule has 3 amide bonds. The van der Waals surface area contributed by atoms with E-state index in [9.17, 15) is 14.4 Å². The predicted octanol–water partition coefficient (Wildman–Crippen LogP) is 2.88. The number of nitrogens with zero attached hydrogens (tertiary/aromatic N) is 3. The summed E-state index contributed by atoms with van der Waals surface area (Å²) in [5, 5.41) is 9.00. The van der Waals surface area contributed by atoms with Crippen molar-refractivity contribution < 1.29 is 19.1 Å². The van der Waals surface area contributed by atoms with Crippen molar-refractivity contribution in [1.29, 1.82) is 5.26 Å². The van der Waals surface area contributed by atoms with E-state index in [0.29, 0.717) is 24.4 Å². The quantitative estimate of drug-likeness (QED) is 0.679. The van der Waals surface area contributed by atoms with Crippen molar-refractivity contribution in [2.24, 2.45) is 16.7 Å². The molecule has 0 bridgehead atoms. The lowest BCUT2D eigenvalue weighted by molar-refractivity contribution is -0.142. The van der Waals surface area contributed by atoms with Gasteiger partial charge in [0.25, 0.3) is 5.91 Å². The molecule has 7 heteroatoms. The summed E-state index contributed by atoms with van der Waals surface area (Å²) in [7, 11) is 0. The van der Waals surface area contributed by atoms with Gasteiger partial charge in [0, 0.05) is 19.1 Å². The summed E-state index contributed by atoms with van der Waals surface area (Å²) in [6, 6.07) is 7.54. The Kier molecular flexibility index (Phi) is 5.17. The number of nitriles is 1. The standard InChI is InChI=1S/C24H29N3O4/c1-23(2)20(24(23,3)4)22(30)26(14-17-6-5-11-31-17)18-12-19(28)27(21(18)29)16-9-7-15(13-25)8-10-16/h7-10,17-18,20H,5-6,11-12,14H2,1-4H3. The summed E-state index contributed by atoms with van der Waals surface area (Å²) >= 11 is 0. The monoisotopic (exact) mass is 423 g/mol. The molecule has 0 N–H and O–H groups in total. The van der Waals surface area contributed by atoms with Crippen molar-refractivity contribution in [2.45, 2.75) is 59.1 Å². The minimum Gasteiger partial charge on any atom is -0.376 e. The summed E-state index contributed by atoms with van der Waals surface area (Å²) < 4.78 is 5.76. The lowest BCUT2D eigenvalue weighted by Crippen LogP contribution is -2.49. The van der Waals surface area contributed by atoms with E-state index in [1.807, 2.05) is 6.07 Å². The third-order valence-corrected chi connectivity index (χ3v) is 7.73. The van der Waals surface area contributed by atoms with Crippen molar-refractivity contribution >= 4 is 23.4 Å². The van der Waals surface area contributed by atoms with Crippen LogP contribution in [0.2, 0.25) is 0 Å². The van der Waals surface area contributed by atoms with Crippen molar-refractivity contribution in [3.8, 4) is 6.07 Å². The molecule has 0 radical (unpaired) electrons. The van der Waals surface area contributed by atoms with Gasteiger partial charge in [0.15, 0.2) is 0 Å². The highest BCUT2D eigenvalue weighted by atomic mass is 16.5. The van der Waals surface area contributed by atoms with E-state index >= 15 is 0 Å². The summed E-state index contributed by atoms with van der Waals surface area (Å²) in [5.41, 5.74) is 0.537. The third-order valence-electron chi connectivity index (χ3n) is 7.73. The highest BCUT2D eigenvalue weighted by Gasteiger charge is 2.69. The molecule has 2 atom stereocenters. The van der Waals surface area contributed by atoms with Crippen LogP contribution in [0.25, 0.3) is 0 Å². The molecular weight excluding hydrogens is 394 g/mol. The van der Waals surface area contributed by atoms with Gasteiger partial charge in [0.1, 0.15) is 6.04 Å². The highest BCUT2D eigenvalue weighted by molar-refractivity contribution is 6.23. The molecule has 1 aromatic carbocycles. The van der Waals surface area contributed by atoms with Crippen LogP contribution in [0, 0.1) is 28.1 Å². The van der Waals surface area contributed by atoms with Gasteiger partial charge in [-0.05, 0) is 47.9 Å². The second-order valence-corrected chi connectivity index (χ2v) is 9.95. The molecule has 7 nitrogen and oxygen atoms in total. The lowest BCUT2D eigenvalue weighted by Gasteiger charge is -2.30. The van der Waals surface area contributed by atoms with Gasteiger partial charge >= 0.3 is 0 Å². The Labute approximate surface area is 182 Å². The molecule has 1 saturated carbocycles. The Balaban J connectivity index is 1.61. The zero-order valence-corrected chi connectivity index (χ0v) is 18.6. The normalized spacial score (nSPS) is 26.7. The molecule has 3 fully saturated rings. The van der Waals surface area contributed by atoms with Gasteiger partial charge in [-0.25, -0.2) is 4.90 Å². The van der Waals surface area contributed by atoms with Gasteiger partial charge in [-0.2, -0.15) is 5.26 Å². The molecule has 0 spiro atoms. The van der Waals surface area contributed by atoms with Crippen LogP contribution in [0.4, 0.5) is 5.69 Å². The van der Waals surface area contributed by atoms with Crippen molar-refractivity contribution in [3.63, 3.8) is 0 Å². The maximum atomic E-state index is 13.6. The smallest absolute Gasteiger partial charge is 0.257 e. The first kappa shape index (κ1) is 21.5. The Morgan fingerprint density at radius 2 is 1.84 bits per heavy atom. The molecule has 164 valence electrons. The molecule has 4 rings (SSSR count). The fourth-order valence-electron chi connectivity index (χ4n) is 5.17. The summed E-state index contributed by atoms with van der Waals surface area (Å²) in [6.45, 7) is 9.28. The fraction of sp³-hybridized carbons (Fsp3) is 0.583. The topological polar surface area (TPSA) is 90.7 Å². The van der Waals surface area contributed by atoms with Crippen molar-refractivity contribution in [2.75, 3.05) is 18.1 Å². The molecule has 31 heavy (non-hydrogen) atoms. The number of carbonyl (C=O) groups excluding carboxylic acids is 3. The zero-order valence-electron chi connectivity index (χ0n) is 18.6. The van der Waals surface area contributed by atoms with Crippen molar-refractivity contribution in [1.82, 2.24) is 4.90 Å². The SMILES string of the molecule is CC1(C)C(C(=O)N(CC2CCCO2)C2CC(=O)N(c3ccc(C#N)cc3)C2=O)C1(C)C. The third kappa shape index (κ3) is 3.43. The minimum absolute atomic E-state index is 0.0368. The second kappa shape index (κ2) is 7.45. The van der Waals surface area contributed by atoms with Crippen LogP contribution in [0.5, 0.6) is 0 Å². The lowest BCUT2D eigenvalue weighted by atomic mass is 10.0. The van der Waals surface area contributed by atoms with E-state index in [4.69, 9.17) is 10.00 Å². The molecular formula is C24H29N3O4. The summed E-state index contributed by atoms with van der Waals surface area (Å²) in [4.78, 5) is 42.6. The van der Waals surface area contributed by atoms with Gasteiger partial charge in [0.2, 0.25) is 11.8 Å². The van der Waals surface area contributed by atoms with Crippen LogP contribution >= 0.6 is 0 Å². The van der Waals surface area contributed by atoms with E-state index < -0.39 is 11.9 Å². The number of carbonyl (C=O) groups is 3. The number of amides is 3. The molecule has 2 aliphatic heterocycles. The number of ether oxygens (including phenoxy) is 1. The van der Waals surface area contributed by atoms with Crippen LogP contribution in [-0.4, -0.2) is 47.9 Å². The molecule has 1 aromatic rings. The number of benzene rings is 1. The Hall–Kier alpha value is -2.72. The van der Waals surface area contributed by atoms with Gasteiger partial charge < -0.3 is 9.64 Å². The van der Waals surface area contributed by atoms with Crippen LogP contribution < -0.4 is 4.90 Å². The second-order valence-electron chi connectivity index (χ2n) is 9.95. The predicted molar refractivity (Wildman–Crippen MR) is 114 cm³/mol. The number of rotatable bonds is 5. The number of imide groups is 1. The largest absolute Gasteiger partial charge is 0.376 e. The molecule has 2 heterocycles. The van der Waals surface area contributed by atoms with Gasteiger partial charge in [-0.3, -0.25) is 14.4 Å². The molecule has 0 aromatic heterocycles. The number of hydrogen-bond donors (Lipinski definition) is 0. The van der Waals surface area contributed by atoms with Crippen LogP contribution in [0.3, 0.4) is 0 Å². The van der Waals surface area contributed by atoms with Crippen LogP contribution in [0.1, 0.15) is 52.5 Å². The van der Waals surface area contributed by atoms with Gasteiger partial charge in [-0.15, -0.1) is 0 Å². The van der Waals surface area contributed by atoms with Crippen molar-refractivity contribution in [3.05, 3.63) is 29.8 Å². The maximum absolute atomic E-state index is 13.6. The van der Waals surface area contributed by atoms with E-state index in [-0.39, 0.29) is 41.1 Å². The van der Waals surface area contributed by atoms with E-state index in [1.54, 1.807) is 29.2 Å². The average Bonchev–Trinajstić information content (AvgIpc) is 3.15. The van der Waals surface area contributed by atoms with Crippen LogP contribution in [-0.2, 0) is 19.1 Å². The number of anilines is 1. The fourth-order valence-corrected chi connectivity index (χ4v) is 5.17. The Bertz CT molecular complexity index is 940. The summed E-state index contributed by atoms with van der Waals surface area (Å²) in [5.74, 6) is -0.997. The first-order valence-corrected chi connectivity index (χ1v) is 10.9. The number of hydrogen-bond acceptors (Lipinski definition) is 5. The highest BCUT2D eigenvalue weighted by Crippen LogP contribution is 2.69. The van der Waals surface area contributed by atoms with E-state index in [0.717, 1.165) is 17.7 Å². The first-order chi connectivity index (χ1) is 14.6. The van der Waals surface area contributed by atoms with Gasteiger partial charge in [-0.1, -0.05) is 27.7 Å². The molecule has 1 aliphatic carbocycles. The zero-order chi connectivity index (χ0) is 22.6. The van der Waals surface area contributed by atoms with E-state index in [1.165, 1.54) is 0 Å². The Morgan fingerprint density at radius 3 is 2.35 bits per heavy atom. The molecule has 2 unspecified atom stereocenters. The van der Waals surface area contributed by atoms with Gasteiger partial charge in [0.05, 0.1) is 29.8 Å². The minimum atomic E-state index is -0.827. The molecule has 2 saturated heterocycles.